The summed E-state index contributed by atoms with van der Waals surface area (Å²) in [5, 5.41) is 3.11. The Kier molecular flexibility index (Phi) is 7.44. The molecule has 0 aliphatic carbocycles. The van der Waals surface area contributed by atoms with Crippen molar-refractivity contribution in [3.63, 3.8) is 0 Å². The van der Waals surface area contributed by atoms with Crippen molar-refractivity contribution in [3.8, 4) is 0 Å². The molecule has 0 fully saturated rings. The second kappa shape index (κ2) is 7.43. The van der Waals surface area contributed by atoms with Gasteiger partial charge in [0.2, 0.25) is 6.29 Å². The van der Waals surface area contributed by atoms with E-state index in [1.54, 1.807) is 0 Å². The van der Waals surface area contributed by atoms with Gasteiger partial charge in [-0.2, -0.15) is 0 Å². The van der Waals surface area contributed by atoms with E-state index in [4.69, 9.17) is 0 Å². The first kappa shape index (κ1) is 13.0. The van der Waals surface area contributed by atoms with Crippen LogP contribution >= 0.6 is 7.95 Å². The molecule has 0 rings (SSSR count). The van der Waals surface area contributed by atoms with E-state index in [9.17, 15) is 4.57 Å². The van der Waals surface area contributed by atoms with Crippen molar-refractivity contribution in [2.75, 3.05) is 20.4 Å². The smallest absolute Gasteiger partial charge is 0.267 e. The van der Waals surface area contributed by atoms with E-state index in [0.717, 1.165) is 6.42 Å². The zero-order valence-electron chi connectivity index (χ0n) is 9.21. The summed E-state index contributed by atoms with van der Waals surface area (Å²) in [4.78, 5) is 1.94. The maximum Gasteiger partial charge on any atom is 0.448 e. The molecule has 1 N–H and O–H groups in total. The normalized spacial score (nSPS) is 14.7. The van der Waals surface area contributed by atoms with Crippen molar-refractivity contribution >= 4 is 7.95 Å². The SMILES string of the molecule is CCCCC(C)N[P+](=O)CN(C)C. The fourth-order valence-electron chi connectivity index (χ4n) is 1.12. The molecule has 0 radical (unpaired) electrons. The van der Waals surface area contributed by atoms with Gasteiger partial charge in [0, 0.05) is 6.04 Å². The van der Waals surface area contributed by atoms with Crippen molar-refractivity contribution in [2.45, 2.75) is 39.2 Å². The first-order valence-electron chi connectivity index (χ1n) is 4.91. The standard InChI is InChI=1S/C9H22N2OP/c1-5-6-7-9(2)10-13(12)8-11(3)4/h9H,5-8H2,1-4H3,(H,10,12)/q+1. The molecule has 0 heterocycles. The Morgan fingerprint density at radius 1 is 1.46 bits per heavy atom. The highest BCUT2D eigenvalue weighted by Gasteiger charge is 2.19. The number of nitrogens with zero attached hydrogens (tertiary/aromatic N) is 1. The van der Waals surface area contributed by atoms with Crippen LogP contribution in [-0.2, 0) is 4.57 Å². The van der Waals surface area contributed by atoms with Crippen LogP contribution in [0.2, 0.25) is 0 Å². The molecule has 0 spiro atoms. The van der Waals surface area contributed by atoms with Crippen LogP contribution in [0.15, 0.2) is 0 Å². The van der Waals surface area contributed by atoms with Gasteiger partial charge >= 0.3 is 7.95 Å². The van der Waals surface area contributed by atoms with Crippen molar-refractivity contribution in [3.05, 3.63) is 0 Å². The number of hydrogen-bond acceptors (Lipinski definition) is 2. The summed E-state index contributed by atoms with van der Waals surface area (Å²) in [5.74, 6) is 0. The molecule has 0 aliphatic heterocycles. The zero-order valence-corrected chi connectivity index (χ0v) is 10.1. The molecule has 0 amide bonds. The monoisotopic (exact) mass is 205 g/mol. The summed E-state index contributed by atoms with van der Waals surface area (Å²) in [6.07, 6.45) is 4.16. The number of rotatable bonds is 7. The molecule has 0 saturated carbocycles. The average molecular weight is 205 g/mol. The van der Waals surface area contributed by atoms with Crippen LogP contribution in [-0.4, -0.2) is 31.3 Å². The summed E-state index contributed by atoms with van der Waals surface area (Å²) in [6.45, 7) is 4.27. The van der Waals surface area contributed by atoms with Gasteiger partial charge in [-0.25, -0.2) is 0 Å². The van der Waals surface area contributed by atoms with Crippen LogP contribution in [0.3, 0.4) is 0 Å². The van der Waals surface area contributed by atoms with E-state index in [1.165, 1.54) is 12.8 Å². The molecule has 0 saturated heterocycles. The second-order valence-corrected chi connectivity index (χ2v) is 5.07. The maximum atomic E-state index is 11.4. The van der Waals surface area contributed by atoms with E-state index in [0.29, 0.717) is 12.3 Å². The molecule has 13 heavy (non-hydrogen) atoms. The summed E-state index contributed by atoms with van der Waals surface area (Å²) >= 11 is 0. The maximum absolute atomic E-state index is 11.4. The van der Waals surface area contributed by atoms with Crippen LogP contribution in [0, 0.1) is 0 Å². The highest BCUT2D eigenvalue weighted by molar-refractivity contribution is 7.42. The van der Waals surface area contributed by atoms with Crippen molar-refractivity contribution in [1.29, 1.82) is 0 Å². The molecule has 0 aliphatic rings. The van der Waals surface area contributed by atoms with E-state index in [-0.39, 0.29) is 0 Å². The van der Waals surface area contributed by atoms with Gasteiger partial charge < -0.3 is 0 Å². The predicted octanol–water partition coefficient (Wildman–Crippen LogP) is 2.42. The fraction of sp³-hybridized carbons (Fsp3) is 1.00. The Bertz CT molecular complexity index is 151. The molecule has 0 aromatic heterocycles. The third-order valence-corrected chi connectivity index (χ3v) is 3.32. The van der Waals surface area contributed by atoms with Gasteiger partial charge in [0.05, 0.1) is 0 Å². The lowest BCUT2D eigenvalue weighted by Crippen LogP contribution is -2.22. The van der Waals surface area contributed by atoms with Crippen molar-refractivity contribution in [2.24, 2.45) is 0 Å². The highest BCUT2D eigenvalue weighted by atomic mass is 31.1. The summed E-state index contributed by atoms with van der Waals surface area (Å²) < 4.78 is 11.4. The van der Waals surface area contributed by atoms with Gasteiger partial charge in [-0.1, -0.05) is 19.8 Å². The Morgan fingerprint density at radius 3 is 2.54 bits per heavy atom. The lowest BCUT2D eigenvalue weighted by Gasteiger charge is -2.06. The number of nitrogens with one attached hydrogen (secondary N) is 1. The van der Waals surface area contributed by atoms with Crippen LogP contribution in [0.5, 0.6) is 0 Å². The molecular weight excluding hydrogens is 183 g/mol. The van der Waals surface area contributed by atoms with Gasteiger partial charge in [0.1, 0.15) is 0 Å². The van der Waals surface area contributed by atoms with Gasteiger partial charge in [-0.3, -0.25) is 4.90 Å². The lowest BCUT2D eigenvalue weighted by atomic mass is 10.2. The molecule has 78 valence electrons. The van der Waals surface area contributed by atoms with Gasteiger partial charge in [0.25, 0.3) is 0 Å². The number of hydrogen-bond donors (Lipinski definition) is 1. The van der Waals surface area contributed by atoms with Crippen LogP contribution < -0.4 is 5.09 Å². The molecule has 2 atom stereocenters. The van der Waals surface area contributed by atoms with E-state index < -0.39 is 7.95 Å². The first-order valence-corrected chi connectivity index (χ1v) is 6.36. The van der Waals surface area contributed by atoms with Crippen LogP contribution in [0.1, 0.15) is 33.1 Å². The Morgan fingerprint density at radius 2 is 2.08 bits per heavy atom. The minimum atomic E-state index is -1.25. The quantitative estimate of drug-likeness (QED) is 0.648. The molecule has 2 unspecified atom stereocenters. The molecule has 4 heteroatoms. The third-order valence-electron chi connectivity index (χ3n) is 1.77. The van der Waals surface area contributed by atoms with Gasteiger partial charge in [-0.05, 0) is 32.0 Å². The van der Waals surface area contributed by atoms with E-state index in [1.807, 2.05) is 19.0 Å². The molecule has 0 aromatic carbocycles. The van der Waals surface area contributed by atoms with Crippen molar-refractivity contribution < 1.29 is 4.57 Å². The topological polar surface area (TPSA) is 32.3 Å². The van der Waals surface area contributed by atoms with E-state index in [2.05, 4.69) is 18.9 Å². The second-order valence-electron chi connectivity index (χ2n) is 3.77. The average Bonchev–Trinajstić information content (AvgIpc) is 1.98. The Labute approximate surface area is 82.7 Å². The van der Waals surface area contributed by atoms with Gasteiger partial charge in [-0.15, -0.1) is 5.09 Å². The Balaban J connectivity index is 3.53. The van der Waals surface area contributed by atoms with Crippen LogP contribution in [0.4, 0.5) is 0 Å². The summed E-state index contributed by atoms with van der Waals surface area (Å²) in [7, 11) is 2.62. The summed E-state index contributed by atoms with van der Waals surface area (Å²) in [5.41, 5.74) is 0. The minimum Gasteiger partial charge on any atom is -0.267 e. The largest absolute Gasteiger partial charge is 0.448 e. The predicted molar refractivity (Wildman–Crippen MR) is 58.3 cm³/mol. The summed E-state index contributed by atoms with van der Waals surface area (Å²) in [6, 6.07) is 0.378. The Hall–Kier alpha value is 0.0200. The highest BCUT2D eigenvalue weighted by Crippen LogP contribution is 2.17. The van der Waals surface area contributed by atoms with Crippen molar-refractivity contribution in [1.82, 2.24) is 9.99 Å². The first-order chi connectivity index (χ1) is 6.06. The number of unbranched alkanes of at least 4 members (excludes halogenated alkanes) is 1. The van der Waals surface area contributed by atoms with Gasteiger partial charge in [0.15, 0.2) is 0 Å². The molecule has 0 bridgehead atoms. The third kappa shape index (κ3) is 8.35. The molecule has 3 nitrogen and oxygen atoms in total. The minimum absolute atomic E-state index is 0.378. The fourth-order valence-corrected chi connectivity index (χ4v) is 2.33. The molecular formula is C9H22N2OP+. The zero-order chi connectivity index (χ0) is 10.3. The molecule has 0 aromatic rings. The van der Waals surface area contributed by atoms with E-state index >= 15 is 0 Å². The van der Waals surface area contributed by atoms with Crippen LogP contribution in [0.25, 0.3) is 0 Å². The lowest BCUT2D eigenvalue weighted by molar-refractivity contribution is 0.458.